The van der Waals surface area contributed by atoms with E-state index in [0.29, 0.717) is 22.9 Å². The number of amidine groups is 1. The summed E-state index contributed by atoms with van der Waals surface area (Å²) in [6.07, 6.45) is -4.59. The second-order valence-electron chi connectivity index (χ2n) is 7.40. The SMILES string of the molecule is O=S(=O)(/N=C(/Cl)N1C[C@H](c2ccccc2)C(c2ccc(Cl)cc2)=N1)c1ccc(C(F)(F)F)cc1. The summed E-state index contributed by atoms with van der Waals surface area (Å²) in [5.41, 5.74) is 1.39. The molecule has 5 nitrogen and oxygen atoms in total. The Balaban J connectivity index is 1.66. The van der Waals surface area contributed by atoms with Crippen LogP contribution in [-0.4, -0.2) is 31.0 Å². The summed E-state index contributed by atoms with van der Waals surface area (Å²) < 4.78 is 67.2. The van der Waals surface area contributed by atoms with E-state index in [1.54, 1.807) is 24.3 Å². The van der Waals surface area contributed by atoms with E-state index in [4.69, 9.17) is 23.2 Å². The minimum atomic E-state index is -4.59. The van der Waals surface area contributed by atoms with E-state index in [-0.39, 0.29) is 12.5 Å². The lowest BCUT2D eigenvalue weighted by Crippen LogP contribution is -2.23. The molecule has 11 heteroatoms. The van der Waals surface area contributed by atoms with Crippen molar-refractivity contribution in [2.24, 2.45) is 9.50 Å². The highest BCUT2D eigenvalue weighted by Crippen LogP contribution is 2.32. The first-order valence-electron chi connectivity index (χ1n) is 9.89. The quantitative estimate of drug-likeness (QED) is 0.233. The fourth-order valence-electron chi connectivity index (χ4n) is 3.46. The van der Waals surface area contributed by atoms with Crippen molar-refractivity contribution < 1.29 is 21.6 Å². The van der Waals surface area contributed by atoms with E-state index in [0.717, 1.165) is 23.3 Å². The summed E-state index contributed by atoms with van der Waals surface area (Å²) >= 11 is 12.2. The zero-order chi connectivity index (χ0) is 24.5. The molecule has 1 heterocycles. The molecule has 0 fully saturated rings. The molecule has 0 aromatic heterocycles. The highest BCUT2D eigenvalue weighted by Gasteiger charge is 2.33. The number of alkyl halides is 3. The van der Waals surface area contributed by atoms with E-state index in [1.165, 1.54) is 5.01 Å². The summed E-state index contributed by atoms with van der Waals surface area (Å²) in [7, 11) is -4.37. The Hall–Kier alpha value is -2.88. The monoisotopic (exact) mass is 525 g/mol. The van der Waals surface area contributed by atoms with Gasteiger partial charge in [0.2, 0.25) is 5.29 Å². The van der Waals surface area contributed by atoms with Gasteiger partial charge in [-0.3, -0.25) is 0 Å². The molecule has 4 rings (SSSR count). The summed E-state index contributed by atoms with van der Waals surface area (Å²) in [6, 6.07) is 19.5. The number of hydrogen-bond donors (Lipinski definition) is 0. The van der Waals surface area contributed by atoms with Crippen LogP contribution in [-0.2, 0) is 16.2 Å². The molecule has 0 amide bonds. The Bertz CT molecular complexity index is 1340. The zero-order valence-corrected chi connectivity index (χ0v) is 19.6. The Morgan fingerprint density at radius 3 is 2.18 bits per heavy atom. The smallest absolute Gasteiger partial charge is 0.236 e. The molecule has 0 aliphatic carbocycles. The summed E-state index contributed by atoms with van der Waals surface area (Å²) in [4.78, 5) is -0.417. The van der Waals surface area contributed by atoms with Gasteiger partial charge in [-0.05, 0) is 59.1 Å². The molecule has 3 aromatic rings. The Morgan fingerprint density at radius 2 is 1.59 bits per heavy atom. The number of halogens is 5. The van der Waals surface area contributed by atoms with Crippen molar-refractivity contribution in [3.63, 3.8) is 0 Å². The molecule has 0 unspecified atom stereocenters. The lowest BCUT2D eigenvalue weighted by Gasteiger charge is -2.15. The average Bonchev–Trinajstić information content (AvgIpc) is 3.25. The first-order chi connectivity index (χ1) is 16.0. The van der Waals surface area contributed by atoms with E-state index < -0.39 is 32.0 Å². The molecule has 1 aliphatic rings. The molecule has 0 saturated heterocycles. The van der Waals surface area contributed by atoms with E-state index in [1.807, 2.05) is 30.3 Å². The Kier molecular flexibility index (Phi) is 6.71. The lowest BCUT2D eigenvalue weighted by atomic mass is 9.91. The van der Waals surface area contributed by atoms with Crippen molar-refractivity contribution in [2.45, 2.75) is 17.0 Å². The predicted molar refractivity (Wildman–Crippen MR) is 126 cm³/mol. The van der Waals surface area contributed by atoms with Crippen LogP contribution in [0.25, 0.3) is 0 Å². The Labute approximate surface area is 204 Å². The van der Waals surface area contributed by atoms with Gasteiger partial charge in [-0.2, -0.15) is 26.7 Å². The maximum atomic E-state index is 12.8. The summed E-state index contributed by atoms with van der Waals surface area (Å²) in [6.45, 7) is 0.215. The van der Waals surface area contributed by atoms with Crippen LogP contribution in [0.5, 0.6) is 0 Å². The van der Waals surface area contributed by atoms with Crippen LogP contribution in [0.4, 0.5) is 13.2 Å². The number of nitrogens with zero attached hydrogens (tertiary/aromatic N) is 3. The van der Waals surface area contributed by atoms with Gasteiger partial charge < -0.3 is 0 Å². The third-order valence-corrected chi connectivity index (χ3v) is 7.06. The first-order valence-corrected chi connectivity index (χ1v) is 12.1. The number of hydrazone groups is 1. The summed E-state index contributed by atoms with van der Waals surface area (Å²) in [5.74, 6) is -0.236. The minimum Gasteiger partial charge on any atom is -0.236 e. The average molecular weight is 526 g/mol. The van der Waals surface area contributed by atoms with Crippen LogP contribution < -0.4 is 0 Å². The Morgan fingerprint density at radius 1 is 0.971 bits per heavy atom. The molecule has 0 radical (unpaired) electrons. The molecule has 176 valence electrons. The van der Waals surface area contributed by atoms with Crippen LogP contribution in [0, 0.1) is 0 Å². The van der Waals surface area contributed by atoms with Gasteiger partial charge in [0, 0.05) is 10.9 Å². The van der Waals surface area contributed by atoms with Crippen LogP contribution in [0.1, 0.15) is 22.6 Å². The number of sulfonamides is 1. The third-order valence-electron chi connectivity index (χ3n) is 5.14. The van der Waals surface area contributed by atoms with Gasteiger partial charge in [0.25, 0.3) is 10.0 Å². The van der Waals surface area contributed by atoms with Gasteiger partial charge >= 0.3 is 6.18 Å². The van der Waals surface area contributed by atoms with Crippen molar-refractivity contribution in [3.8, 4) is 0 Å². The fraction of sp³-hybridized carbons (Fsp3) is 0.130. The van der Waals surface area contributed by atoms with Gasteiger partial charge in [0.05, 0.1) is 22.7 Å². The molecule has 0 N–H and O–H groups in total. The summed E-state index contributed by atoms with van der Waals surface area (Å²) in [5, 5.41) is 5.88. The normalized spacial score (nSPS) is 17.1. The number of benzene rings is 3. The molecule has 3 aromatic carbocycles. The molecular weight excluding hydrogens is 510 g/mol. The van der Waals surface area contributed by atoms with Crippen molar-refractivity contribution in [2.75, 3.05) is 6.54 Å². The standard InChI is InChI=1S/C23H16Cl2F3N3O2S/c24-18-10-6-16(7-11-18)21-20(15-4-2-1-3-5-15)14-31(29-21)22(25)30-34(32,33)19-12-8-17(9-13-19)23(26,27)28/h1-13,20H,14H2/b30-22-/t20-/m1/s1. The minimum absolute atomic E-state index is 0.215. The first kappa shape index (κ1) is 24.3. The van der Waals surface area contributed by atoms with Crippen molar-refractivity contribution in [3.05, 3.63) is 101 Å². The number of rotatable bonds is 4. The van der Waals surface area contributed by atoms with Crippen molar-refractivity contribution in [1.29, 1.82) is 0 Å². The second-order valence-corrected chi connectivity index (χ2v) is 9.77. The van der Waals surface area contributed by atoms with Gasteiger partial charge in [-0.25, -0.2) is 5.01 Å². The maximum absolute atomic E-state index is 12.8. The maximum Gasteiger partial charge on any atom is 0.416 e. The highest BCUT2D eigenvalue weighted by atomic mass is 35.5. The third kappa shape index (κ3) is 5.27. The van der Waals surface area contributed by atoms with Crippen LogP contribution in [0.2, 0.25) is 5.02 Å². The zero-order valence-electron chi connectivity index (χ0n) is 17.2. The second kappa shape index (κ2) is 9.40. The van der Waals surface area contributed by atoms with Crippen LogP contribution in [0.3, 0.4) is 0 Å². The molecule has 1 aliphatic heterocycles. The van der Waals surface area contributed by atoms with Gasteiger partial charge in [-0.1, -0.05) is 54.1 Å². The fourth-order valence-corrected chi connectivity index (χ4v) is 4.84. The van der Waals surface area contributed by atoms with Gasteiger partial charge in [0.1, 0.15) is 0 Å². The van der Waals surface area contributed by atoms with Crippen molar-refractivity contribution >= 4 is 44.2 Å². The molecule has 0 saturated carbocycles. The van der Waals surface area contributed by atoms with Gasteiger partial charge in [-0.15, -0.1) is 4.40 Å². The van der Waals surface area contributed by atoms with E-state index in [9.17, 15) is 21.6 Å². The van der Waals surface area contributed by atoms with Crippen LogP contribution in [0.15, 0.2) is 93.3 Å². The molecular formula is C23H16Cl2F3N3O2S. The number of hydrogen-bond acceptors (Lipinski definition) is 3. The topological polar surface area (TPSA) is 62.1 Å². The molecule has 0 spiro atoms. The predicted octanol–water partition coefficient (Wildman–Crippen LogP) is 6.15. The van der Waals surface area contributed by atoms with Crippen LogP contribution >= 0.6 is 23.2 Å². The van der Waals surface area contributed by atoms with E-state index >= 15 is 0 Å². The van der Waals surface area contributed by atoms with Crippen molar-refractivity contribution in [1.82, 2.24) is 5.01 Å². The lowest BCUT2D eigenvalue weighted by molar-refractivity contribution is -0.137. The molecule has 34 heavy (non-hydrogen) atoms. The highest BCUT2D eigenvalue weighted by molar-refractivity contribution is 7.90. The largest absolute Gasteiger partial charge is 0.416 e. The molecule has 0 bridgehead atoms. The van der Waals surface area contributed by atoms with E-state index in [2.05, 4.69) is 9.50 Å². The van der Waals surface area contributed by atoms with Gasteiger partial charge in [0.15, 0.2) is 0 Å². The molecule has 1 atom stereocenters.